The monoisotopic (exact) mass is 196 g/mol. The van der Waals surface area contributed by atoms with Gasteiger partial charge in [0, 0.05) is 19.1 Å². The second-order valence-corrected chi connectivity index (χ2v) is 4.69. The summed E-state index contributed by atoms with van der Waals surface area (Å²) < 4.78 is 0. The van der Waals surface area contributed by atoms with Crippen LogP contribution in [0.5, 0.6) is 0 Å². The second kappa shape index (κ2) is 2.94. The van der Waals surface area contributed by atoms with E-state index < -0.39 is 5.97 Å². The van der Waals surface area contributed by atoms with E-state index in [9.17, 15) is 9.90 Å². The Balaban J connectivity index is 1.88. The Morgan fingerprint density at radius 2 is 2.07 bits per heavy atom. The summed E-state index contributed by atoms with van der Waals surface area (Å²) in [6, 6.07) is 0.433. The molecule has 0 saturated carbocycles. The zero-order valence-electron chi connectivity index (χ0n) is 8.22. The maximum Gasteiger partial charge on any atom is 0.322 e. The first-order valence-corrected chi connectivity index (χ1v) is 5.53. The summed E-state index contributed by atoms with van der Waals surface area (Å²) in [5, 5.41) is 13.6. The molecule has 4 heteroatoms. The molecule has 4 unspecified atom stereocenters. The fourth-order valence-electron chi connectivity index (χ4n) is 3.45. The molecule has 0 aliphatic carbocycles. The first kappa shape index (κ1) is 8.68. The lowest BCUT2D eigenvalue weighted by Gasteiger charge is -2.41. The molecule has 3 fully saturated rings. The van der Waals surface area contributed by atoms with Gasteiger partial charge in [0.2, 0.25) is 0 Å². The molecular formula is C10H16N2O2. The number of aliphatic carboxylic acids is 1. The van der Waals surface area contributed by atoms with Crippen LogP contribution in [0.3, 0.4) is 0 Å². The number of fused-ring (bicyclic) bond motifs is 4. The van der Waals surface area contributed by atoms with Crippen molar-refractivity contribution >= 4 is 5.97 Å². The molecule has 4 atom stereocenters. The Bertz CT molecular complexity index is 269. The number of carbonyl (C=O) groups is 1. The number of rotatable bonds is 1. The van der Waals surface area contributed by atoms with E-state index in [4.69, 9.17) is 0 Å². The molecule has 2 bridgehead atoms. The van der Waals surface area contributed by atoms with Crippen molar-refractivity contribution in [1.29, 1.82) is 0 Å². The first-order valence-electron chi connectivity index (χ1n) is 5.53. The lowest BCUT2D eigenvalue weighted by molar-refractivity contribution is -0.159. The Morgan fingerprint density at radius 3 is 2.86 bits per heavy atom. The van der Waals surface area contributed by atoms with Crippen LogP contribution < -0.4 is 0 Å². The third kappa shape index (κ3) is 1.04. The van der Waals surface area contributed by atoms with Crippen molar-refractivity contribution in [3.63, 3.8) is 0 Å². The van der Waals surface area contributed by atoms with Gasteiger partial charge in [0.1, 0.15) is 6.04 Å². The van der Waals surface area contributed by atoms with E-state index in [0.29, 0.717) is 12.0 Å². The molecular weight excluding hydrogens is 180 g/mol. The molecule has 78 valence electrons. The summed E-state index contributed by atoms with van der Waals surface area (Å²) in [5.74, 6) is -0.218. The predicted molar refractivity (Wildman–Crippen MR) is 50.6 cm³/mol. The van der Waals surface area contributed by atoms with Crippen LogP contribution in [0.15, 0.2) is 0 Å². The van der Waals surface area contributed by atoms with Crippen LogP contribution in [0.4, 0.5) is 0 Å². The number of hydrogen-bond acceptors (Lipinski definition) is 3. The zero-order valence-corrected chi connectivity index (χ0v) is 8.22. The van der Waals surface area contributed by atoms with Crippen molar-refractivity contribution < 1.29 is 9.90 Å². The molecule has 1 N–H and O–H groups in total. The SMILES string of the molecule is O=C(O)C1C2CCN1N1CCCC1C2. The molecule has 3 rings (SSSR count). The van der Waals surface area contributed by atoms with E-state index in [0.717, 1.165) is 25.9 Å². The first-order chi connectivity index (χ1) is 6.77. The maximum atomic E-state index is 11.1. The smallest absolute Gasteiger partial charge is 0.322 e. The van der Waals surface area contributed by atoms with E-state index in [1.54, 1.807) is 0 Å². The van der Waals surface area contributed by atoms with Gasteiger partial charge in [-0.05, 0) is 31.6 Å². The van der Waals surface area contributed by atoms with Crippen LogP contribution in [0.1, 0.15) is 25.7 Å². The molecule has 3 aliphatic heterocycles. The van der Waals surface area contributed by atoms with Crippen molar-refractivity contribution in [3.8, 4) is 0 Å². The zero-order chi connectivity index (χ0) is 9.71. The fourth-order valence-corrected chi connectivity index (χ4v) is 3.45. The molecule has 0 aromatic rings. The van der Waals surface area contributed by atoms with Gasteiger partial charge in [0.15, 0.2) is 0 Å². The Labute approximate surface area is 83.5 Å². The molecule has 0 amide bonds. The highest BCUT2D eigenvalue weighted by molar-refractivity contribution is 5.74. The molecule has 4 nitrogen and oxygen atoms in total. The predicted octanol–water partition coefficient (Wildman–Crippen LogP) is 0.545. The van der Waals surface area contributed by atoms with Crippen LogP contribution in [-0.2, 0) is 4.79 Å². The summed E-state index contributed by atoms with van der Waals surface area (Å²) in [4.78, 5) is 11.1. The van der Waals surface area contributed by atoms with Crippen LogP contribution in [-0.4, -0.2) is 46.3 Å². The van der Waals surface area contributed by atoms with Crippen LogP contribution in [0.25, 0.3) is 0 Å². The quantitative estimate of drug-likeness (QED) is 0.665. The fraction of sp³-hybridized carbons (Fsp3) is 0.900. The number of hydrogen-bond donors (Lipinski definition) is 1. The lowest BCUT2D eigenvalue weighted by atomic mass is 9.90. The van der Waals surface area contributed by atoms with Gasteiger partial charge in [-0.2, -0.15) is 0 Å². The van der Waals surface area contributed by atoms with Gasteiger partial charge in [-0.25, -0.2) is 10.0 Å². The summed E-state index contributed by atoms with van der Waals surface area (Å²) in [5.41, 5.74) is 0. The number of hydrazine groups is 1. The summed E-state index contributed by atoms with van der Waals surface area (Å²) >= 11 is 0. The molecule has 14 heavy (non-hydrogen) atoms. The molecule has 3 saturated heterocycles. The van der Waals surface area contributed by atoms with E-state index in [1.807, 2.05) is 0 Å². The molecule has 0 radical (unpaired) electrons. The van der Waals surface area contributed by atoms with E-state index in [-0.39, 0.29) is 6.04 Å². The van der Waals surface area contributed by atoms with Crippen molar-refractivity contribution in [2.45, 2.75) is 37.8 Å². The van der Waals surface area contributed by atoms with E-state index >= 15 is 0 Å². The third-order valence-electron chi connectivity index (χ3n) is 4.00. The van der Waals surface area contributed by atoms with Crippen LogP contribution in [0, 0.1) is 5.92 Å². The number of nitrogens with zero attached hydrogens (tertiary/aromatic N) is 2. The highest BCUT2D eigenvalue weighted by Gasteiger charge is 2.50. The highest BCUT2D eigenvalue weighted by Crippen LogP contribution is 2.40. The van der Waals surface area contributed by atoms with Gasteiger partial charge >= 0.3 is 5.97 Å². The molecule has 3 heterocycles. The molecule has 0 aromatic carbocycles. The average molecular weight is 196 g/mol. The number of carboxylic acids is 1. The Morgan fingerprint density at radius 1 is 1.21 bits per heavy atom. The second-order valence-electron chi connectivity index (χ2n) is 4.69. The minimum atomic E-state index is -0.627. The van der Waals surface area contributed by atoms with Gasteiger partial charge in [0.25, 0.3) is 0 Å². The summed E-state index contributed by atoms with van der Waals surface area (Å²) in [6.07, 6.45) is 4.68. The van der Waals surface area contributed by atoms with Crippen LogP contribution >= 0.6 is 0 Å². The number of carboxylic acid groups (broad SMARTS) is 1. The van der Waals surface area contributed by atoms with Crippen LogP contribution in [0.2, 0.25) is 0 Å². The van der Waals surface area contributed by atoms with Gasteiger partial charge in [-0.1, -0.05) is 0 Å². The lowest BCUT2D eigenvalue weighted by Crippen LogP contribution is -2.56. The largest absolute Gasteiger partial charge is 0.480 e. The Kier molecular flexibility index (Phi) is 1.82. The normalized spacial score (nSPS) is 46.6. The summed E-state index contributed by atoms with van der Waals surface area (Å²) in [7, 11) is 0. The van der Waals surface area contributed by atoms with Gasteiger partial charge in [0.05, 0.1) is 0 Å². The van der Waals surface area contributed by atoms with Crippen molar-refractivity contribution in [3.05, 3.63) is 0 Å². The van der Waals surface area contributed by atoms with Crippen molar-refractivity contribution in [2.24, 2.45) is 5.92 Å². The molecule has 0 aromatic heterocycles. The van der Waals surface area contributed by atoms with Crippen molar-refractivity contribution in [2.75, 3.05) is 13.1 Å². The topological polar surface area (TPSA) is 43.8 Å². The van der Waals surface area contributed by atoms with E-state index in [1.165, 1.54) is 12.8 Å². The summed E-state index contributed by atoms with van der Waals surface area (Å²) in [6.45, 7) is 2.03. The highest BCUT2D eigenvalue weighted by atomic mass is 16.4. The Hall–Kier alpha value is -0.610. The van der Waals surface area contributed by atoms with Gasteiger partial charge < -0.3 is 5.11 Å². The average Bonchev–Trinajstić information content (AvgIpc) is 2.71. The molecule has 0 spiro atoms. The van der Waals surface area contributed by atoms with Gasteiger partial charge in [-0.15, -0.1) is 0 Å². The van der Waals surface area contributed by atoms with Gasteiger partial charge in [-0.3, -0.25) is 4.79 Å². The molecule has 3 aliphatic rings. The standard InChI is InChI=1S/C10H16N2O2/c13-10(14)9-7-3-5-12(9)11-4-1-2-8(11)6-7/h7-9H,1-6H2,(H,13,14). The third-order valence-corrected chi connectivity index (χ3v) is 4.00. The maximum absolute atomic E-state index is 11.1. The minimum Gasteiger partial charge on any atom is -0.480 e. The van der Waals surface area contributed by atoms with E-state index in [2.05, 4.69) is 10.0 Å². The van der Waals surface area contributed by atoms with Crippen molar-refractivity contribution in [1.82, 2.24) is 10.0 Å². The minimum absolute atomic E-state index is 0.218.